The molecule has 5 rings (SSSR count). The van der Waals surface area contributed by atoms with Gasteiger partial charge in [-0.05, 0) is 51.1 Å². The molecule has 6 nitrogen and oxygen atoms in total. The number of fused-ring (bicyclic) bond motifs is 2. The first-order chi connectivity index (χ1) is 14.0. The lowest BCUT2D eigenvalue weighted by Gasteiger charge is -2.22. The van der Waals surface area contributed by atoms with Crippen molar-refractivity contribution in [1.82, 2.24) is 29.7 Å². The van der Waals surface area contributed by atoms with E-state index in [2.05, 4.69) is 20.5 Å². The number of aromatic nitrogens is 5. The average Bonchev–Trinajstić information content (AvgIpc) is 3.30. The van der Waals surface area contributed by atoms with Crippen molar-refractivity contribution >= 4 is 16.6 Å². The Morgan fingerprint density at radius 2 is 1.90 bits per heavy atom. The molecule has 9 heteroatoms. The van der Waals surface area contributed by atoms with E-state index in [-0.39, 0.29) is 28.5 Å². The highest BCUT2D eigenvalue weighted by atomic mass is 19.3. The third kappa shape index (κ3) is 3.15. The van der Waals surface area contributed by atoms with E-state index in [1.807, 2.05) is 10.9 Å². The van der Waals surface area contributed by atoms with Crippen LogP contribution >= 0.6 is 0 Å². The molecule has 1 aromatic carbocycles. The quantitative estimate of drug-likeness (QED) is 0.564. The lowest BCUT2D eigenvalue weighted by Crippen LogP contribution is -2.29. The highest BCUT2D eigenvalue weighted by molar-refractivity contribution is 5.84. The summed E-state index contributed by atoms with van der Waals surface area (Å²) in [5, 5.41) is 12.7. The van der Waals surface area contributed by atoms with E-state index in [1.54, 1.807) is 19.2 Å². The maximum absolute atomic E-state index is 14.8. The van der Waals surface area contributed by atoms with E-state index in [0.29, 0.717) is 16.6 Å². The summed E-state index contributed by atoms with van der Waals surface area (Å²) < 4.78 is 45.1. The zero-order valence-electron chi connectivity index (χ0n) is 15.7. The molecule has 1 aliphatic rings. The van der Waals surface area contributed by atoms with Crippen LogP contribution < -0.4 is 5.32 Å². The fourth-order valence-corrected chi connectivity index (χ4v) is 3.93. The number of imidazole rings is 1. The molecule has 4 aromatic rings. The minimum absolute atomic E-state index is 0.113. The molecule has 1 fully saturated rings. The topological polar surface area (TPSA) is 60.0 Å². The Balaban J connectivity index is 1.63. The molecule has 150 valence electrons. The second-order valence-corrected chi connectivity index (χ2v) is 7.42. The fraction of sp³-hybridized carbons (Fsp3) is 0.350. The van der Waals surface area contributed by atoms with E-state index < -0.39 is 12.2 Å². The van der Waals surface area contributed by atoms with Crippen molar-refractivity contribution in [3.63, 3.8) is 0 Å². The number of benzene rings is 1. The Kier molecular flexibility index (Phi) is 4.27. The number of rotatable bonds is 3. The van der Waals surface area contributed by atoms with Gasteiger partial charge in [0, 0.05) is 17.1 Å². The van der Waals surface area contributed by atoms with Crippen LogP contribution in [-0.4, -0.2) is 37.5 Å². The summed E-state index contributed by atoms with van der Waals surface area (Å²) in [7, 11) is 0. The number of nitrogens with one attached hydrogen (secondary N) is 1. The second kappa shape index (κ2) is 6.84. The van der Waals surface area contributed by atoms with Crippen molar-refractivity contribution in [2.24, 2.45) is 0 Å². The van der Waals surface area contributed by atoms with Crippen LogP contribution in [0.15, 0.2) is 30.6 Å². The molecule has 0 saturated carbocycles. The minimum atomic E-state index is -2.71. The number of hydrogen-bond donors (Lipinski definition) is 1. The second-order valence-electron chi connectivity index (χ2n) is 7.42. The summed E-state index contributed by atoms with van der Waals surface area (Å²) in [6, 6.07) is 4.55. The predicted molar refractivity (Wildman–Crippen MR) is 103 cm³/mol. The zero-order chi connectivity index (χ0) is 20.1. The third-order valence-electron chi connectivity index (χ3n) is 5.37. The minimum Gasteiger partial charge on any atom is -0.317 e. The molecule has 0 bridgehead atoms. The molecule has 3 aromatic heterocycles. The molecule has 0 atom stereocenters. The normalized spacial score (nSPS) is 15.8. The summed E-state index contributed by atoms with van der Waals surface area (Å²) in [6.45, 7) is 3.52. The van der Waals surface area contributed by atoms with Gasteiger partial charge in [0.1, 0.15) is 5.52 Å². The van der Waals surface area contributed by atoms with E-state index in [1.165, 1.54) is 16.6 Å². The first kappa shape index (κ1) is 18.1. The average molecular weight is 400 g/mol. The van der Waals surface area contributed by atoms with Crippen LogP contribution in [0.5, 0.6) is 0 Å². The largest absolute Gasteiger partial charge is 0.317 e. The molecule has 1 N–H and O–H groups in total. The molecular formula is C20H19F3N6. The summed E-state index contributed by atoms with van der Waals surface area (Å²) in [5.74, 6) is -0.493. The lowest BCUT2D eigenvalue weighted by atomic mass is 10.1. The standard InChI is InChI=1S/C20H19F3N6/c1-11-9-29-20(25-11)15(19(22)23)8-17(26-29)12-6-13-10-28(14-2-4-24-5-3-14)27-18(13)16(21)7-12/h6-10,14,19,24H,2-5H2,1H3. The van der Waals surface area contributed by atoms with Gasteiger partial charge in [0.2, 0.25) is 0 Å². The number of halogens is 3. The van der Waals surface area contributed by atoms with Gasteiger partial charge < -0.3 is 5.32 Å². The van der Waals surface area contributed by atoms with Gasteiger partial charge in [-0.15, -0.1) is 0 Å². The van der Waals surface area contributed by atoms with Gasteiger partial charge in [-0.1, -0.05) is 0 Å². The van der Waals surface area contributed by atoms with Gasteiger partial charge in [0.15, 0.2) is 11.5 Å². The molecule has 0 aliphatic carbocycles. The Hall–Kier alpha value is -2.94. The molecule has 0 spiro atoms. The van der Waals surface area contributed by atoms with Gasteiger partial charge in [-0.2, -0.15) is 10.2 Å². The van der Waals surface area contributed by atoms with Crippen molar-refractivity contribution in [3.8, 4) is 11.3 Å². The molecule has 29 heavy (non-hydrogen) atoms. The van der Waals surface area contributed by atoms with Crippen molar-refractivity contribution in [2.45, 2.75) is 32.2 Å². The molecular weight excluding hydrogens is 381 g/mol. The number of piperidine rings is 1. The fourth-order valence-electron chi connectivity index (χ4n) is 3.93. The third-order valence-corrected chi connectivity index (χ3v) is 5.37. The number of hydrogen-bond acceptors (Lipinski definition) is 4. The van der Waals surface area contributed by atoms with Crippen LogP contribution in [0.2, 0.25) is 0 Å². The monoisotopic (exact) mass is 400 g/mol. The van der Waals surface area contributed by atoms with Crippen molar-refractivity contribution in [2.75, 3.05) is 13.1 Å². The van der Waals surface area contributed by atoms with Crippen LogP contribution in [0.25, 0.3) is 27.8 Å². The van der Waals surface area contributed by atoms with E-state index in [4.69, 9.17) is 0 Å². The molecule has 1 aliphatic heterocycles. The predicted octanol–water partition coefficient (Wildman–Crippen LogP) is 4.06. The molecule has 0 unspecified atom stereocenters. The van der Waals surface area contributed by atoms with Gasteiger partial charge in [0.05, 0.1) is 29.2 Å². The van der Waals surface area contributed by atoms with E-state index in [0.717, 1.165) is 25.9 Å². The van der Waals surface area contributed by atoms with Crippen LogP contribution in [0.1, 0.15) is 36.6 Å². The first-order valence-corrected chi connectivity index (χ1v) is 9.54. The number of nitrogens with zero attached hydrogens (tertiary/aromatic N) is 5. The van der Waals surface area contributed by atoms with Crippen LogP contribution in [0.3, 0.4) is 0 Å². The Bertz CT molecular complexity index is 1210. The maximum Gasteiger partial charge on any atom is 0.267 e. The highest BCUT2D eigenvalue weighted by Crippen LogP contribution is 2.31. The van der Waals surface area contributed by atoms with Crippen LogP contribution in [0, 0.1) is 12.7 Å². The number of alkyl halides is 2. The van der Waals surface area contributed by atoms with Gasteiger partial charge in [-0.3, -0.25) is 4.68 Å². The van der Waals surface area contributed by atoms with Crippen LogP contribution in [0.4, 0.5) is 13.2 Å². The van der Waals surface area contributed by atoms with Crippen molar-refractivity contribution in [3.05, 3.63) is 47.7 Å². The van der Waals surface area contributed by atoms with Crippen LogP contribution in [-0.2, 0) is 0 Å². The summed E-state index contributed by atoms with van der Waals surface area (Å²) in [5.41, 5.74) is 1.44. The Labute approximate surface area is 164 Å². The lowest BCUT2D eigenvalue weighted by molar-refractivity contribution is 0.152. The molecule has 1 saturated heterocycles. The van der Waals surface area contributed by atoms with Gasteiger partial charge in [-0.25, -0.2) is 22.7 Å². The zero-order valence-corrected chi connectivity index (χ0v) is 15.7. The highest BCUT2D eigenvalue weighted by Gasteiger charge is 2.20. The van der Waals surface area contributed by atoms with Gasteiger partial charge >= 0.3 is 0 Å². The summed E-state index contributed by atoms with van der Waals surface area (Å²) >= 11 is 0. The maximum atomic E-state index is 14.8. The molecule has 4 heterocycles. The van der Waals surface area contributed by atoms with Gasteiger partial charge in [0.25, 0.3) is 6.43 Å². The molecule has 0 radical (unpaired) electrons. The van der Waals surface area contributed by atoms with E-state index >= 15 is 0 Å². The Morgan fingerprint density at radius 3 is 2.66 bits per heavy atom. The Morgan fingerprint density at radius 1 is 1.10 bits per heavy atom. The first-order valence-electron chi connectivity index (χ1n) is 9.54. The van der Waals surface area contributed by atoms with Crippen molar-refractivity contribution in [1.29, 1.82) is 0 Å². The SMILES string of the molecule is Cc1cn2nc(-c3cc(F)c4nn(C5CCNCC5)cc4c3)cc(C(F)F)c2n1. The van der Waals surface area contributed by atoms with E-state index in [9.17, 15) is 13.2 Å². The molecule has 0 amide bonds. The summed E-state index contributed by atoms with van der Waals surface area (Å²) in [4.78, 5) is 4.12. The van der Waals surface area contributed by atoms with Crippen molar-refractivity contribution < 1.29 is 13.2 Å². The summed E-state index contributed by atoms with van der Waals surface area (Å²) in [6.07, 6.45) is 2.55. The smallest absolute Gasteiger partial charge is 0.267 e. The number of aryl methyl sites for hydroxylation is 1.